The first kappa shape index (κ1) is 13.3. The van der Waals surface area contributed by atoms with Crippen LogP contribution in [0.25, 0.3) is 0 Å². The fourth-order valence-electron chi connectivity index (χ4n) is 1.94. The fourth-order valence-corrected chi connectivity index (χ4v) is 1.94. The number of rotatable bonds is 5. The Kier molecular flexibility index (Phi) is 3.64. The van der Waals surface area contributed by atoms with Gasteiger partial charge in [0.2, 0.25) is 0 Å². The van der Waals surface area contributed by atoms with Gasteiger partial charge in [0.1, 0.15) is 11.4 Å². The number of amides is 1. The van der Waals surface area contributed by atoms with Gasteiger partial charge in [0.05, 0.1) is 0 Å². The highest BCUT2D eigenvalue weighted by atomic mass is 16.4. The summed E-state index contributed by atoms with van der Waals surface area (Å²) in [5.41, 5.74) is -0.715. The zero-order valence-corrected chi connectivity index (χ0v) is 10.6. The van der Waals surface area contributed by atoms with Crippen LogP contribution in [0.4, 0.5) is 5.82 Å². The number of anilines is 1. The summed E-state index contributed by atoms with van der Waals surface area (Å²) in [7, 11) is 0. The predicted molar refractivity (Wildman–Crippen MR) is 67.9 cm³/mol. The summed E-state index contributed by atoms with van der Waals surface area (Å²) in [4.78, 5) is 22.7. The van der Waals surface area contributed by atoms with Crippen molar-refractivity contribution in [2.75, 3.05) is 11.9 Å². The molecule has 0 saturated heterocycles. The molecule has 1 amide bonds. The van der Waals surface area contributed by atoms with E-state index in [1.165, 1.54) is 6.07 Å². The maximum atomic E-state index is 11.5. The van der Waals surface area contributed by atoms with Crippen LogP contribution in [0.1, 0.15) is 36.7 Å². The lowest BCUT2D eigenvalue weighted by Gasteiger charge is -2.38. The third kappa shape index (κ3) is 2.64. The van der Waals surface area contributed by atoms with Crippen LogP contribution < -0.4 is 10.6 Å². The molecule has 0 atom stereocenters. The molecule has 102 valence electrons. The van der Waals surface area contributed by atoms with Crippen LogP contribution in [0.5, 0.6) is 0 Å². The molecule has 1 aromatic heterocycles. The van der Waals surface area contributed by atoms with Crippen molar-refractivity contribution >= 4 is 17.7 Å². The minimum absolute atomic E-state index is 0.213. The summed E-state index contributed by atoms with van der Waals surface area (Å²) in [6.45, 7) is 2.33. The molecule has 1 fully saturated rings. The maximum Gasteiger partial charge on any atom is 0.329 e. The number of nitrogens with one attached hydrogen (secondary N) is 2. The molecule has 1 aliphatic rings. The maximum absolute atomic E-state index is 11.5. The van der Waals surface area contributed by atoms with Gasteiger partial charge in [-0.05, 0) is 38.3 Å². The normalized spacial score (nSPS) is 16.3. The Hall–Kier alpha value is -2.18. The van der Waals surface area contributed by atoms with Crippen molar-refractivity contribution in [3.63, 3.8) is 0 Å². The quantitative estimate of drug-likeness (QED) is 0.721. The van der Waals surface area contributed by atoms with Gasteiger partial charge in [0.25, 0.3) is 5.91 Å². The number of carboxylic acid groups (broad SMARTS) is 1. The van der Waals surface area contributed by atoms with Crippen LogP contribution >= 0.6 is 0 Å². The van der Waals surface area contributed by atoms with E-state index in [0.29, 0.717) is 25.2 Å². The topological polar surface area (TPSA) is 104 Å². The van der Waals surface area contributed by atoms with E-state index >= 15 is 0 Å². The van der Waals surface area contributed by atoms with Crippen molar-refractivity contribution in [1.82, 2.24) is 15.5 Å². The zero-order valence-electron chi connectivity index (χ0n) is 10.6. The second-order valence-corrected chi connectivity index (χ2v) is 4.53. The smallest absolute Gasteiger partial charge is 0.329 e. The van der Waals surface area contributed by atoms with Gasteiger partial charge < -0.3 is 15.7 Å². The molecule has 0 bridgehead atoms. The number of hydrogen-bond acceptors (Lipinski definition) is 5. The molecule has 7 nitrogen and oxygen atoms in total. The molecule has 0 unspecified atom stereocenters. The standard InChI is InChI=1S/C12H16N4O3/c1-2-13-10(17)8-4-5-9(16-15-8)14-12(11(18)19)6-3-7-12/h4-5H,2-3,6-7H2,1H3,(H,13,17)(H,14,16)(H,18,19). The molecule has 2 rings (SSSR count). The Morgan fingerprint density at radius 3 is 2.53 bits per heavy atom. The molecule has 3 N–H and O–H groups in total. The summed E-state index contributed by atoms with van der Waals surface area (Å²) in [5, 5.41) is 22.3. The van der Waals surface area contributed by atoms with Crippen molar-refractivity contribution < 1.29 is 14.7 Å². The molecule has 1 saturated carbocycles. The summed E-state index contributed by atoms with van der Waals surface area (Å²) in [6, 6.07) is 3.09. The first-order chi connectivity index (χ1) is 9.07. The summed E-state index contributed by atoms with van der Waals surface area (Å²) in [6.07, 6.45) is 2.02. The highest BCUT2D eigenvalue weighted by Gasteiger charge is 2.44. The van der Waals surface area contributed by atoms with E-state index < -0.39 is 11.5 Å². The van der Waals surface area contributed by atoms with E-state index in [4.69, 9.17) is 0 Å². The monoisotopic (exact) mass is 264 g/mol. The van der Waals surface area contributed by atoms with Crippen molar-refractivity contribution in [3.8, 4) is 0 Å². The first-order valence-corrected chi connectivity index (χ1v) is 6.21. The van der Waals surface area contributed by atoms with Crippen LogP contribution in [0.15, 0.2) is 12.1 Å². The third-order valence-corrected chi connectivity index (χ3v) is 3.22. The lowest BCUT2D eigenvalue weighted by Crippen LogP contribution is -2.52. The Labute approximate surface area is 110 Å². The molecule has 19 heavy (non-hydrogen) atoms. The fraction of sp³-hybridized carbons (Fsp3) is 0.500. The number of carbonyl (C=O) groups is 2. The highest BCUT2D eigenvalue weighted by Crippen LogP contribution is 2.34. The van der Waals surface area contributed by atoms with Crippen molar-refractivity contribution in [1.29, 1.82) is 0 Å². The second kappa shape index (κ2) is 5.21. The van der Waals surface area contributed by atoms with Gasteiger partial charge in [-0.15, -0.1) is 10.2 Å². The van der Waals surface area contributed by atoms with E-state index in [-0.39, 0.29) is 11.6 Å². The summed E-state index contributed by atoms with van der Waals surface area (Å²) in [5.74, 6) is -0.804. The van der Waals surface area contributed by atoms with Gasteiger partial charge in [0.15, 0.2) is 5.69 Å². The van der Waals surface area contributed by atoms with Crippen LogP contribution in [0, 0.1) is 0 Å². The average molecular weight is 264 g/mol. The number of hydrogen-bond donors (Lipinski definition) is 3. The van der Waals surface area contributed by atoms with Gasteiger partial charge in [0, 0.05) is 6.54 Å². The number of carboxylic acids is 1. The van der Waals surface area contributed by atoms with Crippen molar-refractivity contribution in [2.24, 2.45) is 0 Å². The van der Waals surface area contributed by atoms with Gasteiger partial charge >= 0.3 is 5.97 Å². The minimum atomic E-state index is -0.929. The molecular formula is C12H16N4O3. The van der Waals surface area contributed by atoms with Crippen molar-refractivity contribution in [3.05, 3.63) is 17.8 Å². The van der Waals surface area contributed by atoms with E-state index in [2.05, 4.69) is 20.8 Å². The van der Waals surface area contributed by atoms with E-state index in [1.807, 2.05) is 6.92 Å². The third-order valence-electron chi connectivity index (χ3n) is 3.22. The van der Waals surface area contributed by atoms with E-state index in [9.17, 15) is 14.7 Å². The SMILES string of the molecule is CCNC(=O)c1ccc(NC2(C(=O)O)CCC2)nn1. The molecule has 1 aromatic rings. The van der Waals surface area contributed by atoms with E-state index in [1.54, 1.807) is 6.07 Å². The van der Waals surface area contributed by atoms with Gasteiger partial charge in [-0.1, -0.05) is 0 Å². The summed E-state index contributed by atoms with van der Waals surface area (Å²) >= 11 is 0. The molecule has 0 aromatic carbocycles. The second-order valence-electron chi connectivity index (χ2n) is 4.53. The molecule has 0 aliphatic heterocycles. The van der Waals surface area contributed by atoms with Gasteiger partial charge in [-0.3, -0.25) is 4.79 Å². The minimum Gasteiger partial charge on any atom is -0.480 e. The molecule has 0 radical (unpaired) electrons. The first-order valence-electron chi connectivity index (χ1n) is 6.21. The Morgan fingerprint density at radius 1 is 1.37 bits per heavy atom. The molecular weight excluding hydrogens is 248 g/mol. The number of aromatic nitrogens is 2. The Balaban J connectivity index is 2.06. The van der Waals surface area contributed by atoms with Gasteiger partial charge in [-0.25, -0.2) is 4.79 Å². The molecule has 1 aliphatic carbocycles. The number of carbonyl (C=O) groups excluding carboxylic acids is 1. The van der Waals surface area contributed by atoms with E-state index in [0.717, 1.165) is 6.42 Å². The molecule has 0 spiro atoms. The lowest BCUT2D eigenvalue weighted by atomic mass is 9.77. The van der Waals surface area contributed by atoms with Crippen LogP contribution in [-0.4, -0.2) is 39.3 Å². The largest absolute Gasteiger partial charge is 0.480 e. The van der Waals surface area contributed by atoms with Crippen LogP contribution in [0.3, 0.4) is 0 Å². The van der Waals surface area contributed by atoms with Crippen LogP contribution in [0.2, 0.25) is 0 Å². The Morgan fingerprint density at radius 2 is 2.11 bits per heavy atom. The number of aliphatic carboxylic acids is 1. The predicted octanol–water partition coefficient (Wildman–Crippen LogP) is 0.645. The van der Waals surface area contributed by atoms with Crippen LogP contribution in [-0.2, 0) is 4.79 Å². The molecule has 1 heterocycles. The Bertz CT molecular complexity index is 482. The van der Waals surface area contributed by atoms with Gasteiger partial charge in [-0.2, -0.15) is 0 Å². The average Bonchev–Trinajstić information content (AvgIpc) is 2.34. The lowest BCUT2D eigenvalue weighted by molar-refractivity contribution is -0.145. The zero-order chi connectivity index (χ0) is 13.9. The number of nitrogens with zero attached hydrogens (tertiary/aromatic N) is 2. The highest BCUT2D eigenvalue weighted by molar-refractivity contribution is 5.92. The summed E-state index contributed by atoms with van der Waals surface area (Å²) < 4.78 is 0. The van der Waals surface area contributed by atoms with Crippen molar-refractivity contribution in [2.45, 2.75) is 31.7 Å². The molecule has 7 heteroatoms.